The molecule has 1 aliphatic rings. The largest absolute Gasteiger partial charge is 0.361 e. The highest BCUT2D eigenvalue weighted by Crippen LogP contribution is 2.28. The van der Waals surface area contributed by atoms with E-state index in [1.54, 1.807) is 23.1 Å². The van der Waals surface area contributed by atoms with Crippen molar-refractivity contribution in [1.82, 2.24) is 9.88 Å². The van der Waals surface area contributed by atoms with Crippen LogP contribution in [0.3, 0.4) is 0 Å². The van der Waals surface area contributed by atoms with Crippen LogP contribution in [0.25, 0.3) is 10.9 Å². The van der Waals surface area contributed by atoms with E-state index in [-0.39, 0.29) is 18.2 Å². The van der Waals surface area contributed by atoms with Crippen LogP contribution < -0.4 is 11.1 Å². The predicted molar refractivity (Wildman–Crippen MR) is 139 cm³/mol. The Balaban J connectivity index is 1.21. The van der Waals surface area contributed by atoms with Crippen molar-refractivity contribution in [2.75, 3.05) is 5.32 Å². The van der Waals surface area contributed by atoms with Gasteiger partial charge in [-0.05, 0) is 59.0 Å². The van der Waals surface area contributed by atoms with E-state index in [4.69, 9.17) is 28.9 Å². The standard InChI is InChI=1S/C27H24Cl2N4O2/c28-20-7-5-16(23(29)12-20)10-24(30)27(35)33-14-17-6-8-21(9-19(17)15-33)32-26(34)11-18-13-31-25-4-2-1-3-22(18)25/h1-9,12-13,24,31H,10-11,14-15,30H2,(H,32,34)/t24-/m1/s1. The van der Waals surface area contributed by atoms with Gasteiger partial charge in [0.2, 0.25) is 11.8 Å². The molecule has 178 valence electrons. The molecule has 4 aromatic rings. The van der Waals surface area contributed by atoms with E-state index in [2.05, 4.69) is 10.3 Å². The van der Waals surface area contributed by atoms with Gasteiger partial charge in [0, 0.05) is 45.9 Å². The molecule has 8 heteroatoms. The SMILES string of the molecule is N[C@H](Cc1ccc(Cl)cc1Cl)C(=O)N1Cc2ccc(NC(=O)Cc3c[nH]c4ccccc34)cc2C1. The first-order valence-electron chi connectivity index (χ1n) is 11.3. The zero-order valence-electron chi connectivity index (χ0n) is 18.9. The minimum atomic E-state index is -0.710. The Morgan fingerprint density at radius 2 is 1.80 bits per heavy atom. The van der Waals surface area contributed by atoms with Crippen LogP contribution in [0.1, 0.15) is 22.3 Å². The highest BCUT2D eigenvalue weighted by atomic mass is 35.5. The van der Waals surface area contributed by atoms with Crippen molar-refractivity contribution < 1.29 is 9.59 Å². The summed E-state index contributed by atoms with van der Waals surface area (Å²) >= 11 is 12.2. The fraction of sp³-hybridized carbons (Fsp3) is 0.185. The first-order valence-corrected chi connectivity index (χ1v) is 12.1. The molecule has 4 N–H and O–H groups in total. The lowest BCUT2D eigenvalue weighted by Gasteiger charge is -2.20. The number of fused-ring (bicyclic) bond motifs is 2. The van der Waals surface area contributed by atoms with Gasteiger partial charge in [-0.25, -0.2) is 0 Å². The third-order valence-electron chi connectivity index (χ3n) is 6.32. The minimum absolute atomic E-state index is 0.0949. The Bertz CT molecular complexity index is 1430. The first-order chi connectivity index (χ1) is 16.9. The van der Waals surface area contributed by atoms with E-state index in [1.165, 1.54) is 0 Å². The van der Waals surface area contributed by atoms with Crippen LogP contribution in [-0.4, -0.2) is 27.7 Å². The van der Waals surface area contributed by atoms with Crippen molar-refractivity contribution >= 4 is 51.6 Å². The molecule has 0 aliphatic carbocycles. The minimum Gasteiger partial charge on any atom is -0.361 e. The first kappa shape index (κ1) is 23.4. The highest BCUT2D eigenvalue weighted by molar-refractivity contribution is 6.35. The summed E-state index contributed by atoms with van der Waals surface area (Å²) in [4.78, 5) is 30.6. The average molecular weight is 507 g/mol. The number of aromatic amines is 1. The Hall–Kier alpha value is -3.32. The second-order valence-electron chi connectivity index (χ2n) is 8.81. The summed E-state index contributed by atoms with van der Waals surface area (Å²) in [5, 5.41) is 5.06. The lowest BCUT2D eigenvalue weighted by molar-refractivity contribution is -0.133. The van der Waals surface area contributed by atoms with Gasteiger partial charge >= 0.3 is 0 Å². The normalized spacial score (nSPS) is 13.6. The summed E-state index contributed by atoms with van der Waals surface area (Å²) in [7, 11) is 0. The third-order valence-corrected chi connectivity index (χ3v) is 6.91. The number of para-hydroxylation sites is 1. The smallest absolute Gasteiger partial charge is 0.240 e. The molecule has 5 rings (SSSR count). The van der Waals surface area contributed by atoms with E-state index in [9.17, 15) is 9.59 Å². The molecule has 6 nitrogen and oxygen atoms in total. The molecular formula is C27H24Cl2N4O2. The molecule has 0 spiro atoms. The summed E-state index contributed by atoms with van der Waals surface area (Å²) in [6.45, 7) is 0.933. The molecule has 2 heterocycles. The average Bonchev–Trinajstić information content (AvgIpc) is 3.44. The number of benzene rings is 3. The Labute approximate surface area is 213 Å². The Morgan fingerprint density at radius 1 is 1.00 bits per heavy atom. The molecule has 0 saturated carbocycles. The maximum atomic E-state index is 13.0. The summed E-state index contributed by atoms with van der Waals surface area (Å²) in [6.07, 6.45) is 2.47. The van der Waals surface area contributed by atoms with Gasteiger partial charge in [0.25, 0.3) is 0 Å². The summed E-state index contributed by atoms with van der Waals surface area (Å²) in [5.74, 6) is -0.236. The summed E-state index contributed by atoms with van der Waals surface area (Å²) in [5.41, 5.74) is 11.7. The van der Waals surface area contributed by atoms with Crippen LogP contribution in [0.5, 0.6) is 0 Å². The van der Waals surface area contributed by atoms with Crippen molar-refractivity contribution in [1.29, 1.82) is 0 Å². The van der Waals surface area contributed by atoms with Crippen molar-refractivity contribution in [3.05, 3.63) is 99.2 Å². The monoisotopic (exact) mass is 506 g/mol. The second-order valence-corrected chi connectivity index (χ2v) is 9.65. The second kappa shape index (κ2) is 9.74. The number of aromatic nitrogens is 1. The van der Waals surface area contributed by atoms with E-state index in [0.717, 1.165) is 33.2 Å². The van der Waals surface area contributed by atoms with Crippen LogP contribution in [-0.2, 0) is 35.5 Å². The molecule has 1 atom stereocenters. The van der Waals surface area contributed by atoms with E-state index >= 15 is 0 Å². The summed E-state index contributed by atoms with van der Waals surface area (Å²) < 4.78 is 0. The van der Waals surface area contributed by atoms with Crippen molar-refractivity contribution in [2.45, 2.75) is 32.0 Å². The number of rotatable bonds is 6. The molecule has 2 amide bonds. The molecular weight excluding hydrogens is 483 g/mol. The number of H-pyrrole nitrogens is 1. The van der Waals surface area contributed by atoms with Gasteiger partial charge in [0.15, 0.2) is 0 Å². The highest BCUT2D eigenvalue weighted by Gasteiger charge is 2.28. The van der Waals surface area contributed by atoms with Crippen LogP contribution >= 0.6 is 23.2 Å². The molecule has 1 aromatic heterocycles. The number of amides is 2. The molecule has 0 fully saturated rings. The van der Waals surface area contributed by atoms with Crippen LogP contribution in [0, 0.1) is 0 Å². The van der Waals surface area contributed by atoms with Crippen molar-refractivity contribution in [3.8, 4) is 0 Å². The van der Waals surface area contributed by atoms with Gasteiger partial charge in [-0.2, -0.15) is 0 Å². The lowest BCUT2D eigenvalue weighted by atomic mass is 10.1. The molecule has 0 radical (unpaired) electrons. The number of nitrogens with one attached hydrogen (secondary N) is 2. The number of nitrogens with two attached hydrogens (primary N) is 1. The quantitative estimate of drug-likeness (QED) is 0.341. The van der Waals surface area contributed by atoms with Gasteiger partial charge in [-0.3, -0.25) is 9.59 Å². The van der Waals surface area contributed by atoms with Crippen molar-refractivity contribution in [3.63, 3.8) is 0 Å². The Morgan fingerprint density at radius 3 is 2.63 bits per heavy atom. The number of anilines is 1. The van der Waals surface area contributed by atoms with Gasteiger partial charge in [-0.1, -0.05) is 53.5 Å². The molecule has 0 unspecified atom stereocenters. The van der Waals surface area contributed by atoms with Crippen LogP contribution in [0.2, 0.25) is 10.0 Å². The fourth-order valence-electron chi connectivity index (χ4n) is 4.53. The number of halogens is 2. The summed E-state index contributed by atoms with van der Waals surface area (Å²) in [6, 6.07) is 18.1. The molecule has 0 bridgehead atoms. The maximum Gasteiger partial charge on any atom is 0.240 e. The predicted octanol–water partition coefficient (Wildman–Crippen LogP) is 5.07. The van der Waals surface area contributed by atoms with Crippen LogP contribution in [0.15, 0.2) is 66.9 Å². The van der Waals surface area contributed by atoms with E-state index in [0.29, 0.717) is 35.2 Å². The third kappa shape index (κ3) is 5.05. The Kier molecular flexibility index (Phi) is 6.52. The van der Waals surface area contributed by atoms with Gasteiger partial charge < -0.3 is 20.9 Å². The maximum absolute atomic E-state index is 13.0. The van der Waals surface area contributed by atoms with Gasteiger partial charge in [0.1, 0.15) is 0 Å². The number of carbonyl (C=O) groups excluding carboxylic acids is 2. The van der Waals surface area contributed by atoms with E-state index < -0.39 is 6.04 Å². The molecule has 0 saturated heterocycles. The molecule has 3 aromatic carbocycles. The number of nitrogens with zero attached hydrogens (tertiary/aromatic N) is 1. The topological polar surface area (TPSA) is 91.2 Å². The van der Waals surface area contributed by atoms with Crippen molar-refractivity contribution in [2.24, 2.45) is 5.73 Å². The number of carbonyl (C=O) groups is 2. The van der Waals surface area contributed by atoms with Crippen LogP contribution in [0.4, 0.5) is 5.69 Å². The van der Waals surface area contributed by atoms with Gasteiger partial charge in [0.05, 0.1) is 12.5 Å². The molecule has 1 aliphatic heterocycles. The fourth-order valence-corrected chi connectivity index (χ4v) is 5.02. The molecule has 35 heavy (non-hydrogen) atoms. The zero-order valence-corrected chi connectivity index (χ0v) is 20.4. The zero-order chi connectivity index (χ0) is 24.5. The number of hydrogen-bond acceptors (Lipinski definition) is 3. The van der Waals surface area contributed by atoms with E-state index in [1.807, 2.05) is 48.7 Å². The lowest BCUT2D eigenvalue weighted by Crippen LogP contribution is -2.42. The number of hydrogen-bond donors (Lipinski definition) is 3. The van der Waals surface area contributed by atoms with Gasteiger partial charge in [-0.15, -0.1) is 0 Å².